The molecular formula is C30H46O11. The Bertz CT molecular complexity index is 1080. The summed E-state index contributed by atoms with van der Waals surface area (Å²) < 4.78 is 17.2. The van der Waals surface area contributed by atoms with Crippen LogP contribution in [0.3, 0.4) is 0 Å². The SMILES string of the molecule is C=C1C=C(C2CC[C@]3(O)[C@@H]4CC[C@]5(O)C[C@@H](O[C@@H]6O[C@@H](C)[C@H](O)[C@@H](O)[C@H]6O)C[C@@H](O)[C@]5(CO)[C@H]4[C@H](O)C[C@]23C)CO1. The van der Waals surface area contributed by atoms with E-state index in [1.165, 1.54) is 0 Å². The van der Waals surface area contributed by atoms with Crippen LogP contribution in [0, 0.1) is 28.6 Å². The van der Waals surface area contributed by atoms with Crippen molar-refractivity contribution in [1.82, 2.24) is 0 Å². The molecule has 0 aromatic rings. The van der Waals surface area contributed by atoms with Crippen LogP contribution in [0.2, 0.25) is 0 Å². The summed E-state index contributed by atoms with van der Waals surface area (Å²) in [5.74, 6) is -0.659. The van der Waals surface area contributed by atoms with E-state index in [0.29, 0.717) is 31.6 Å². The summed E-state index contributed by atoms with van der Waals surface area (Å²) in [5, 5.41) is 89.8. The van der Waals surface area contributed by atoms with Gasteiger partial charge in [0.2, 0.25) is 0 Å². The van der Waals surface area contributed by atoms with Crippen LogP contribution < -0.4 is 0 Å². The van der Waals surface area contributed by atoms with E-state index in [2.05, 4.69) is 6.58 Å². The zero-order chi connectivity index (χ0) is 29.7. The lowest BCUT2D eigenvalue weighted by atomic mass is 9.40. The van der Waals surface area contributed by atoms with Gasteiger partial charge in [-0.1, -0.05) is 13.5 Å². The molecule has 0 aromatic heterocycles. The van der Waals surface area contributed by atoms with Gasteiger partial charge in [-0.05, 0) is 62.5 Å². The summed E-state index contributed by atoms with van der Waals surface area (Å²) in [6.45, 7) is 7.27. The fourth-order valence-corrected chi connectivity index (χ4v) is 10.2. The van der Waals surface area contributed by atoms with E-state index in [9.17, 15) is 40.9 Å². The zero-order valence-corrected chi connectivity index (χ0v) is 23.8. The highest BCUT2D eigenvalue weighted by Crippen LogP contribution is 2.70. The Kier molecular flexibility index (Phi) is 7.26. The van der Waals surface area contributed by atoms with Crippen LogP contribution >= 0.6 is 0 Å². The molecule has 0 aromatic carbocycles. The Morgan fingerprint density at radius 2 is 1.76 bits per heavy atom. The summed E-state index contributed by atoms with van der Waals surface area (Å²) in [4.78, 5) is 0. The van der Waals surface area contributed by atoms with Gasteiger partial charge in [0.1, 0.15) is 30.7 Å². The first-order chi connectivity index (χ1) is 19.2. The zero-order valence-electron chi connectivity index (χ0n) is 23.8. The van der Waals surface area contributed by atoms with Crippen LogP contribution in [-0.4, -0.2) is 114 Å². The summed E-state index contributed by atoms with van der Waals surface area (Å²) in [6, 6.07) is 0. The predicted octanol–water partition coefficient (Wildman–Crippen LogP) is -0.528. The van der Waals surface area contributed by atoms with Crippen LogP contribution in [-0.2, 0) is 14.2 Å². The van der Waals surface area contributed by atoms with Crippen molar-refractivity contribution in [3.8, 4) is 0 Å². The van der Waals surface area contributed by atoms with Crippen molar-refractivity contribution in [3.05, 3.63) is 24.0 Å². The predicted molar refractivity (Wildman–Crippen MR) is 143 cm³/mol. The third kappa shape index (κ3) is 4.01. The topological polar surface area (TPSA) is 190 Å². The Morgan fingerprint density at radius 3 is 2.41 bits per heavy atom. The highest BCUT2D eigenvalue weighted by atomic mass is 16.7. The molecule has 5 fully saturated rings. The number of aliphatic hydroxyl groups excluding tert-OH is 6. The third-order valence-corrected chi connectivity index (χ3v) is 12.3. The Balaban J connectivity index is 1.28. The minimum Gasteiger partial charge on any atom is -0.490 e. The van der Waals surface area contributed by atoms with Gasteiger partial charge >= 0.3 is 0 Å². The van der Waals surface area contributed by atoms with Crippen molar-refractivity contribution in [2.24, 2.45) is 28.6 Å². The second kappa shape index (κ2) is 9.95. The Labute approximate surface area is 240 Å². The molecule has 0 amide bonds. The van der Waals surface area contributed by atoms with Gasteiger partial charge in [-0.15, -0.1) is 0 Å². The first-order valence-corrected chi connectivity index (χ1v) is 15.0. The molecule has 15 atom stereocenters. The normalized spacial score (nSPS) is 56.9. The van der Waals surface area contributed by atoms with Crippen LogP contribution in [0.1, 0.15) is 58.8 Å². The van der Waals surface area contributed by atoms with Crippen LogP contribution in [0.5, 0.6) is 0 Å². The molecular weight excluding hydrogens is 536 g/mol. The summed E-state index contributed by atoms with van der Waals surface area (Å²) in [6.07, 6.45) is -5.62. The average Bonchev–Trinajstić information content (AvgIpc) is 3.45. The molecule has 4 aliphatic carbocycles. The lowest BCUT2D eigenvalue weighted by Crippen LogP contribution is -2.76. The van der Waals surface area contributed by atoms with E-state index < -0.39 is 89.5 Å². The number of aliphatic hydroxyl groups is 8. The van der Waals surface area contributed by atoms with Crippen molar-refractivity contribution < 1.29 is 55.1 Å². The van der Waals surface area contributed by atoms with Gasteiger partial charge < -0.3 is 55.1 Å². The highest BCUT2D eigenvalue weighted by Gasteiger charge is 2.75. The first-order valence-electron chi connectivity index (χ1n) is 15.0. The smallest absolute Gasteiger partial charge is 0.186 e. The van der Waals surface area contributed by atoms with Gasteiger partial charge in [-0.2, -0.15) is 0 Å². The van der Waals surface area contributed by atoms with Crippen molar-refractivity contribution >= 4 is 0 Å². The van der Waals surface area contributed by atoms with E-state index in [-0.39, 0.29) is 31.6 Å². The molecule has 6 rings (SSSR count). The van der Waals surface area contributed by atoms with Crippen LogP contribution in [0.25, 0.3) is 0 Å². The maximum absolute atomic E-state index is 12.5. The molecule has 11 heteroatoms. The summed E-state index contributed by atoms with van der Waals surface area (Å²) >= 11 is 0. The van der Waals surface area contributed by atoms with Crippen molar-refractivity contribution in [3.63, 3.8) is 0 Å². The van der Waals surface area contributed by atoms with Gasteiger partial charge in [0.25, 0.3) is 0 Å². The number of rotatable bonds is 4. The molecule has 0 radical (unpaired) electrons. The monoisotopic (exact) mass is 582 g/mol. The number of fused-ring (bicyclic) bond motifs is 5. The lowest BCUT2D eigenvalue weighted by molar-refractivity contribution is -0.342. The van der Waals surface area contributed by atoms with Crippen molar-refractivity contribution in [2.45, 2.75) is 119 Å². The Morgan fingerprint density at radius 1 is 1.02 bits per heavy atom. The maximum atomic E-state index is 12.5. The molecule has 0 spiro atoms. The largest absolute Gasteiger partial charge is 0.490 e. The fourth-order valence-electron chi connectivity index (χ4n) is 10.2. The number of hydrogen-bond donors (Lipinski definition) is 8. The summed E-state index contributed by atoms with van der Waals surface area (Å²) in [5.41, 5.74) is -3.95. The number of ether oxygens (including phenoxy) is 3. The molecule has 0 bridgehead atoms. The standard InChI is InChI=1S/C30H46O11/c1-14-8-16(12-39-14)18-5-7-30(38)19-4-6-28(37)10-17(41-26-25(36)24(35)23(34)15(2)40-26)9-21(33)29(28,13-31)22(19)20(32)11-27(18,30)3/h8,15,17-26,31-38H,1,4-7,9-13H2,2-3H3/t15-,17-,18?,19+,20+,21+,22+,23-,24+,25+,26-,27+,28-,29+,30-/m0/s1. The van der Waals surface area contributed by atoms with Gasteiger partial charge in [0, 0.05) is 24.2 Å². The molecule has 2 aliphatic heterocycles. The maximum Gasteiger partial charge on any atom is 0.186 e. The second-order valence-electron chi connectivity index (χ2n) is 14.0. The van der Waals surface area contributed by atoms with E-state index in [1.54, 1.807) is 6.92 Å². The first kappa shape index (κ1) is 29.9. The molecule has 1 unspecified atom stereocenters. The molecule has 6 aliphatic rings. The summed E-state index contributed by atoms with van der Waals surface area (Å²) in [7, 11) is 0. The quantitative estimate of drug-likeness (QED) is 0.199. The number of allylic oxidation sites excluding steroid dienone is 1. The van der Waals surface area contributed by atoms with Gasteiger partial charge in [-0.25, -0.2) is 0 Å². The minimum absolute atomic E-state index is 0.00910. The molecule has 2 heterocycles. The van der Waals surface area contributed by atoms with Gasteiger partial charge in [0.05, 0.1) is 47.6 Å². The van der Waals surface area contributed by atoms with Crippen LogP contribution in [0.15, 0.2) is 24.0 Å². The van der Waals surface area contributed by atoms with E-state index in [4.69, 9.17) is 14.2 Å². The molecule has 11 nitrogen and oxygen atoms in total. The van der Waals surface area contributed by atoms with E-state index in [1.807, 2.05) is 13.0 Å². The van der Waals surface area contributed by atoms with Crippen molar-refractivity contribution in [1.29, 1.82) is 0 Å². The minimum atomic E-state index is -1.64. The molecule has 4 saturated carbocycles. The molecule has 1 saturated heterocycles. The van der Waals surface area contributed by atoms with Gasteiger partial charge in [0.15, 0.2) is 6.29 Å². The van der Waals surface area contributed by atoms with Gasteiger partial charge in [-0.3, -0.25) is 0 Å². The number of hydrogen-bond acceptors (Lipinski definition) is 11. The average molecular weight is 583 g/mol. The third-order valence-electron chi connectivity index (χ3n) is 12.3. The second-order valence-corrected chi connectivity index (χ2v) is 14.0. The highest BCUT2D eigenvalue weighted by molar-refractivity contribution is 5.32. The van der Waals surface area contributed by atoms with Crippen LogP contribution in [0.4, 0.5) is 0 Å². The van der Waals surface area contributed by atoms with Crippen molar-refractivity contribution in [2.75, 3.05) is 13.2 Å². The van der Waals surface area contributed by atoms with E-state index >= 15 is 0 Å². The lowest BCUT2D eigenvalue weighted by Gasteiger charge is -2.68. The Hall–Kier alpha value is -1.12. The molecule has 41 heavy (non-hydrogen) atoms. The van der Waals surface area contributed by atoms with E-state index in [0.717, 1.165) is 5.57 Å². The molecule has 8 N–H and O–H groups in total. The molecule has 232 valence electrons. The fraction of sp³-hybridized carbons (Fsp3) is 0.867.